The lowest BCUT2D eigenvalue weighted by Crippen LogP contribution is -2.30. The normalized spacial score (nSPS) is 11.0. The number of hydrazine groups is 1. The highest BCUT2D eigenvalue weighted by Gasteiger charge is 2.14. The number of halogens is 1. The molecule has 0 aliphatic rings. The van der Waals surface area contributed by atoms with Gasteiger partial charge in [-0.25, -0.2) is 9.97 Å². The Labute approximate surface area is 128 Å². The molecule has 1 aromatic heterocycles. The molecule has 0 atom stereocenters. The van der Waals surface area contributed by atoms with Gasteiger partial charge in [-0.1, -0.05) is 44.5 Å². The van der Waals surface area contributed by atoms with Gasteiger partial charge >= 0.3 is 0 Å². The summed E-state index contributed by atoms with van der Waals surface area (Å²) >= 11 is 5.68. The number of carbonyl (C=O) groups is 1. The molecular weight excluding hydrogens is 288 g/mol. The van der Waals surface area contributed by atoms with Crippen molar-refractivity contribution in [2.24, 2.45) is 0 Å². The summed E-state index contributed by atoms with van der Waals surface area (Å²) in [5.74, 6) is 0.0214. The Hall–Kier alpha value is -2.14. The molecule has 1 heterocycles. The van der Waals surface area contributed by atoms with Crippen molar-refractivity contribution in [3.8, 4) is 0 Å². The van der Waals surface area contributed by atoms with Crippen LogP contribution < -0.4 is 10.9 Å². The van der Waals surface area contributed by atoms with Gasteiger partial charge in [0.1, 0.15) is 0 Å². The number of benzene rings is 1. The number of nitrogens with one attached hydrogen (secondary N) is 2. The second-order valence-corrected chi connectivity index (χ2v) is 6.07. The number of aromatic nitrogens is 2. The smallest absolute Gasteiger partial charge is 0.267 e. The van der Waals surface area contributed by atoms with Crippen LogP contribution in [0.25, 0.3) is 0 Å². The van der Waals surface area contributed by atoms with Gasteiger partial charge in [0.05, 0.1) is 17.4 Å². The third kappa shape index (κ3) is 4.16. The number of anilines is 1. The molecule has 0 fully saturated rings. The van der Waals surface area contributed by atoms with Crippen molar-refractivity contribution in [2.45, 2.75) is 26.2 Å². The minimum atomic E-state index is -0.256. The number of nitrogens with zero attached hydrogens (tertiary/aromatic N) is 2. The van der Waals surface area contributed by atoms with Gasteiger partial charge in [0, 0.05) is 5.56 Å². The fourth-order valence-corrected chi connectivity index (χ4v) is 1.78. The van der Waals surface area contributed by atoms with Gasteiger partial charge in [0.15, 0.2) is 0 Å². The summed E-state index contributed by atoms with van der Waals surface area (Å²) in [4.78, 5) is 19.8. The number of carbonyl (C=O) groups excluding carboxylic acids is 1. The fraction of sp³-hybridized carbons (Fsp3) is 0.267. The van der Waals surface area contributed by atoms with E-state index in [-0.39, 0.29) is 17.3 Å². The zero-order chi connectivity index (χ0) is 15.5. The zero-order valence-corrected chi connectivity index (χ0v) is 12.9. The Morgan fingerprint density at radius 1 is 1.10 bits per heavy atom. The summed E-state index contributed by atoms with van der Waals surface area (Å²) in [6.07, 6.45) is 2.89. The first-order valence-electron chi connectivity index (χ1n) is 6.51. The number of rotatable bonds is 3. The summed E-state index contributed by atoms with van der Waals surface area (Å²) < 4.78 is 0. The van der Waals surface area contributed by atoms with Crippen molar-refractivity contribution in [3.63, 3.8) is 0 Å². The summed E-state index contributed by atoms with van der Waals surface area (Å²) in [7, 11) is 0. The molecule has 2 aromatic rings. The molecule has 1 amide bonds. The number of hydrogen-bond acceptors (Lipinski definition) is 4. The van der Waals surface area contributed by atoms with Crippen LogP contribution >= 0.6 is 11.6 Å². The molecule has 0 radical (unpaired) electrons. The van der Waals surface area contributed by atoms with E-state index >= 15 is 0 Å². The van der Waals surface area contributed by atoms with E-state index in [1.807, 2.05) is 12.1 Å². The molecule has 0 aliphatic carbocycles. The highest BCUT2D eigenvalue weighted by Crippen LogP contribution is 2.22. The van der Waals surface area contributed by atoms with Crippen LogP contribution in [0.1, 0.15) is 36.7 Å². The van der Waals surface area contributed by atoms with Crippen LogP contribution in [0.15, 0.2) is 36.7 Å². The molecule has 21 heavy (non-hydrogen) atoms. The minimum absolute atomic E-state index is 0.0599. The molecule has 0 saturated heterocycles. The monoisotopic (exact) mass is 304 g/mol. The van der Waals surface area contributed by atoms with Gasteiger partial charge in [-0.2, -0.15) is 0 Å². The maximum atomic E-state index is 12.0. The van der Waals surface area contributed by atoms with E-state index in [0.29, 0.717) is 10.6 Å². The molecule has 2 rings (SSSR count). The minimum Gasteiger partial charge on any atom is -0.267 e. The van der Waals surface area contributed by atoms with E-state index in [4.69, 9.17) is 11.6 Å². The topological polar surface area (TPSA) is 66.9 Å². The van der Waals surface area contributed by atoms with E-state index in [0.717, 1.165) is 0 Å². The predicted molar refractivity (Wildman–Crippen MR) is 83.3 cm³/mol. The lowest BCUT2D eigenvalue weighted by Gasteiger charge is -2.19. The molecule has 110 valence electrons. The van der Waals surface area contributed by atoms with Crippen molar-refractivity contribution in [3.05, 3.63) is 52.8 Å². The first-order chi connectivity index (χ1) is 9.86. The molecular formula is C15H17ClN4O. The second kappa shape index (κ2) is 6.10. The van der Waals surface area contributed by atoms with Crippen LogP contribution in [-0.4, -0.2) is 15.9 Å². The predicted octanol–water partition coefficient (Wildman–Crippen LogP) is 3.18. The third-order valence-corrected chi connectivity index (χ3v) is 3.12. The molecule has 1 aromatic carbocycles. The third-order valence-electron chi connectivity index (χ3n) is 2.92. The molecule has 5 nitrogen and oxygen atoms in total. The van der Waals surface area contributed by atoms with Crippen LogP contribution in [0.2, 0.25) is 5.02 Å². The summed E-state index contributed by atoms with van der Waals surface area (Å²) in [6, 6.07) is 7.49. The zero-order valence-electron chi connectivity index (χ0n) is 12.1. The van der Waals surface area contributed by atoms with Gasteiger partial charge < -0.3 is 0 Å². The van der Waals surface area contributed by atoms with Crippen molar-refractivity contribution < 1.29 is 4.79 Å². The van der Waals surface area contributed by atoms with Crippen molar-refractivity contribution in [2.75, 3.05) is 5.43 Å². The van der Waals surface area contributed by atoms with Crippen LogP contribution in [-0.2, 0) is 5.41 Å². The fourth-order valence-electron chi connectivity index (χ4n) is 1.68. The Kier molecular flexibility index (Phi) is 4.43. The van der Waals surface area contributed by atoms with E-state index in [9.17, 15) is 4.79 Å². The first-order valence-corrected chi connectivity index (χ1v) is 6.88. The molecule has 2 N–H and O–H groups in total. The Balaban J connectivity index is 1.99. The Morgan fingerprint density at radius 2 is 1.67 bits per heavy atom. The lowest BCUT2D eigenvalue weighted by molar-refractivity contribution is 0.0962. The van der Waals surface area contributed by atoms with Crippen molar-refractivity contribution in [1.29, 1.82) is 0 Å². The SMILES string of the molecule is CC(C)(C)c1ccc(C(=O)NNc2ncc(Cl)cn2)cc1. The lowest BCUT2D eigenvalue weighted by atomic mass is 9.87. The average molecular weight is 305 g/mol. The quantitative estimate of drug-likeness (QED) is 0.855. The van der Waals surface area contributed by atoms with Crippen LogP contribution in [0.3, 0.4) is 0 Å². The van der Waals surface area contributed by atoms with Gasteiger partial charge in [-0.05, 0) is 23.1 Å². The van der Waals surface area contributed by atoms with E-state index in [2.05, 4.69) is 41.6 Å². The average Bonchev–Trinajstić information content (AvgIpc) is 2.45. The maximum Gasteiger partial charge on any atom is 0.269 e. The molecule has 0 unspecified atom stereocenters. The largest absolute Gasteiger partial charge is 0.269 e. The number of hydrogen-bond donors (Lipinski definition) is 2. The summed E-state index contributed by atoms with van der Waals surface area (Å²) in [6.45, 7) is 6.38. The van der Waals surface area contributed by atoms with Crippen molar-refractivity contribution >= 4 is 23.5 Å². The van der Waals surface area contributed by atoms with Crippen LogP contribution in [0.4, 0.5) is 5.95 Å². The standard InChI is InChI=1S/C15H17ClN4O/c1-15(2,3)11-6-4-10(5-7-11)13(21)19-20-14-17-8-12(16)9-18-14/h4-9H,1-3H3,(H,19,21)(H,17,18,20). The molecule has 0 aliphatic heterocycles. The van der Waals surface area contributed by atoms with E-state index in [1.165, 1.54) is 18.0 Å². The molecule has 0 spiro atoms. The molecule has 0 saturated carbocycles. The van der Waals surface area contributed by atoms with Crippen LogP contribution in [0, 0.1) is 0 Å². The van der Waals surface area contributed by atoms with Gasteiger partial charge in [-0.3, -0.25) is 15.6 Å². The van der Waals surface area contributed by atoms with Crippen molar-refractivity contribution in [1.82, 2.24) is 15.4 Å². The summed E-state index contributed by atoms with van der Waals surface area (Å²) in [5, 5.41) is 0.435. The van der Waals surface area contributed by atoms with Crippen LogP contribution in [0.5, 0.6) is 0 Å². The highest BCUT2D eigenvalue weighted by molar-refractivity contribution is 6.30. The van der Waals surface area contributed by atoms with Gasteiger partial charge in [0.25, 0.3) is 5.91 Å². The van der Waals surface area contributed by atoms with E-state index < -0.39 is 0 Å². The Morgan fingerprint density at radius 3 is 2.19 bits per heavy atom. The van der Waals surface area contributed by atoms with Gasteiger partial charge in [-0.15, -0.1) is 0 Å². The maximum absolute atomic E-state index is 12.0. The number of amides is 1. The first kappa shape index (κ1) is 15.3. The second-order valence-electron chi connectivity index (χ2n) is 5.63. The highest BCUT2D eigenvalue weighted by atomic mass is 35.5. The summed E-state index contributed by atoms with van der Waals surface area (Å²) in [5.41, 5.74) is 6.96. The van der Waals surface area contributed by atoms with Gasteiger partial charge in [0.2, 0.25) is 5.95 Å². The molecule has 0 bridgehead atoms. The molecule has 6 heteroatoms. The van der Waals surface area contributed by atoms with E-state index in [1.54, 1.807) is 12.1 Å². The Bertz CT molecular complexity index is 618.